The van der Waals surface area contributed by atoms with Crippen LogP contribution in [0.15, 0.2) is 0 Å². The lowest BCUT2D eigenvalue weighted by Crippen LogP contribution is -1.78. The van der Waals surface area contributed by atoms with Crippen LogP contribution in [-0.2, 0) is 9.59 Å². The maximum absolute atomic E-state index is 9.68. The average molecular weight is 148 g/mol. The summed E-state index contributed by atoms with van der Waals surface area (Å²) < 4.78 is 0. The normalized spacial score (nSPS) is 7.40. The van der Waals surface area contributed by atoms with Crippen LogP contribution >= 0.6 is 0 Å². The number of carbonyl (C=O) groups is 2. The molecule has 0 aromatic heterocycles. The molecule has 4 heteroatoms. The summed E-state index contributed by atoms with van der Waals surface area (Å²) in [5.74, 6) is 0. The van der Waals surface area contributed by atoms with Crippen molar-refractivity contribution in [1.82, 2.24) is 0 Å². The summed E-state index contributed by atoms with van der Waals surface area (Å²) in [7, 11) is 0. The second-order valence-electron chi connectivity index (χ2n) is 1.62. The molecule has 0 aromatic carbocycles. The molecule has 0 radical (unpaired) electrons. The quantitative estimate of drug-likeness (QED) is 0.263. The minimum atomic E-state index is 0.591. The Morgan fingerprint density at radius 1 is 0.900 bits per heavy atom. The summed E-state index contributed by atoms with van der Waals surface area (Å²) in [6.07, 6.45) is 4.64. The molecular weight excluding hydrogens is 136 g/mol. The third-order valence-corrected chi connectivity index (χ3v) is 0.894. The molecule has 0 saturated heterocycles. The number of carbonyl (C=O) groups excluding carboxylic acids is 2. The molecule has 0 bridgehead atoms. The molecule has 0 aromatic rings. The van der Waals surface area contributed by atoms with Gasteiger partial charge in [0.15, 0.2) is 0 Å². The van der Waals surface area contributed by atoms with Crippen LogP contribution in [0.1, 0.15) is 25.7 Å². The Morgan fingerprint density at radius 2 is 1.20 bits per heavy atom. The van der Waals surface area contributed by atoms with Crippen LogP contribution in [0.5, 0.6) is 0 Å². The first-order valence-corrected chi connectivity index (χ1v) is 2.99. The van der Waals surface area contributed by atoms with E-state index in [0.717, 1.165) is 25.4 Å². The van der Waals surface area contributed by atoms with Crippen LogP contribution in [0.4, 0.5) is 0 Å². The fraction of sp³-hybridized carbons (Fsp3) is 0.667. The summed E-state index contributed by atoms with van der Waals surface area (Å²) in [4.78, 5) is 19.4. The van der Waals surface area contributed by atoms with Crippen molar-refractivity contribution in [3.05, 3.63) is 0 Å². The lowest BCUT2D eigenvalue weighted by atomic mass is 10.2. The van der Waals surface area contributed by atoms with E-state index in [9.17, 15) is 9.59 Å². The third kappa shape index (κ3) is 15.7. The molecule has 0 aliphatic carbocycles. The molecule has 0 aliphatic rings. The summed E-state index contributed by atoms with van der Waals surface area (Å²) in [5.41, 5.74) is 0. The molecular formula is C6H12O4. The highest BCUT2D eigenvalue weighted by molar-refractivity contribution is 5.50. The summed E-state index contributed by atoms with van der Waals surface area (Å²) in [6, 6.07) is 0. The Morgan fingerprint density at radius 3 is 1.40 bits per heavy atom. The van der Waals surface area contributed by atoms with E-state index >= 15 is 0 Å². The van der Waals surface area contributed by atoms with E-state index in [-0.39, 0.29) is 0 Å². The Labute approximate surface area is 59.4 Å². The van der Waals surface area contributed by atoms with Gasteiger partial charge in [-0.15, -0.1) is 0 Å². The van der Waals surface area contributed by atoms with Crippen LogP contribution < -0.4 is 0 Å². The molecule has 10 heavy (non-hydrogen) atoms. The van der Waals surface area contributed by atoms with Crippen molar-refractivity contribution in [3.63, 3.8) is 0 Å². The van der Waals surface area contributed by atoms with E-state index in [1.165, 1.54) is 0 Å². The van der Waals surface area contributed by atoms with E-state index in [2.05, 4.69) is 0 Å². The molecule has 0 amide bonds. The minimum Gasteiger partial charge on any atom is -0.303 e. The average Bonchev–Trinajstić information content (AvgIpc) is 2.02. The third-order valence-electron chi connectivity index (χ3n) is 0.894. The van der Waals surface area contributed by atoms with Gasteiger partial charge in [0.1, 0.15) is 12.6 Å². The van der Waals surface area contributed by atoms with Gasteiger partial charge in [-0.1, -0.05) is 0 Å². The van der Waals surface area contributed by atoms with E-state index in [1.807, 2.05) is 0 Å². The monoisotopic (exact) mass is 148 g/mol. The predicted molar refractivity (Wildman–Crippen MR) is 35.9 cm³/mol. The first-order valence-electron chi connectivity index (χ1n) is 2.99. The van der Waals surface area contributed by atoms with Crippen LogP contribution in [0.25, 0.3) is 0 Å². The van der Waals surface area contributed by atoms with Gasteiger partial charge >= 0.3 is 0 Å². The van der Waals surface area contributed by atoms with Crippen LogP contribution in [0, 0.1) is 0 Å². The number of aldehydes is 2. The van der Waals surface area contributed by atoms with Crippen LogP contribution in [-0.4, -0.2) is 23.1 Å². The van der Waals surface area contributed by atoms with Gasteiger partial charge in [0.05, 0.1) is 0 Å². The smallest absolute Gasteiger partial charge is 0.119 e. The van der Waals surface area contributed by atoms with Crippen molar-refractivity contribution in [2.45, 2.75) is 25.7 Å². The van der Waals surface area contributed by atoms with Crippen LogP contribution in [0.2, 0.25) is 0 Å². The molecule has 60 valence electrons. The van der Waals surface area contributed by atoms with Crippen molar-refractivity contribution in [3.8, 4) is 0 Å². The highest BCUT2D eigenvalue weighted by Crippen LogP contribution is 1.93. The van der Waals surface area contributed by atoms with Gasteiger partial charge < -0.3 is 9.59 Å². The zero-order chi connectivity index (χ0) is 8.24. The molecule has 0 spiro atoms. The van der Waals surface area contributed by atoms with E-state index in [0.29, 0.717) is 12.8 Å². The number of hydrogen-bond donors (Lipinski definition) is 2. The first-order chi connectivity index (χ1) is 4.91. The maximum atomic E-state index is 9.68. The molecule has 0 atom stereocenters. The van der Waals surface area contributed by atoms with Crippen molar-refractivity contribution in [1.29, 1.82) is 0 Å². The van der Waals surface area contributed by atoms with Gasteiger partial charge in [-0.3, -0.25) is 10.5 Å². The van der Waals surface area contributed by atoms with Gasteiger partial charge in [-0.05, 0) is 12.8 Å². The summed E-state index contributed by atoms with van der Waals surface area (Å²) >= 11 is 0. The second kappa shape index (κ2) is 15.7. The molecule has 0 rings (SSSR count). The van der Waals surface area contributed by atoms with Gasteiger partial charge in [0, 0.05) is 12.8 Å². The van der Waals surface area contributed by atoms with E-state index in [1.54, 1.807) is 0 Å². The van der Waals surface area contributed by atoms with Crippen molar-refractivity contribution >= 4 is 12.6 Å². The summed E-state index contributed by atoms with van der Waals surface area (Å²) in [6.45, 7) is 0. The van der Waals surface area contributed by atoms with Crippen molar-refractivity contribution < 1.29 is 20.1 Å². The van der Waals surface area contributed by atoms with Gasteiger partial charge in [-0.25, -0.2) is 0 Å². The first kappa shape index (κ1) is 12.0. The Balaban J connectivity index is 0. The van der Waals surface area contributed by atoms with E-state index < -0.39 is 0 Å². The Bertz CT molecular complexity index is 62.1. The highest BCUT2D eigenvalue weighted by atomic mass is 17.0. The van der Waals surface area contributed by atoms with Crippen LogP contribution in [0.3, 0.4) is 0 Å². The Kier molecular flexibility index (Phi) is 18.9. The molecule has 2 N–H and O–H groups in total. The fourth-order valence-electron chi connectivity index (χ4n) is 0.455. The predicted octanol–water partition coefficient (Wildman–Crippen LogP) is 0.962. The molecule has 0 saturated carbocycles. The second-order valence-corrected chi connectivity index (χ2v) is 1.62. The van der Waals surface area contributed by atoms with Gasteiger partial charge in [0.25, 0.3) is 0 Å². The Hall–Kier alpha value is -0.740. The molecule has 0 fully saturated rings. The van der Waals surface area contributed by atoms with E-state index in [4.69, 9.17) is 10.5 Å². The van der Waals surface area contributed by atoms with Crippen molar-refractivity contribution in [2.75, 3.05) is 0 Å². The molecule has 4 nitrogen and oxygen atoms in total. The standard InChI is InChI=1S/C6H10O2.H2O2/c7-5-3-1-2-4-6-8;1-2/h5-6H,1-4H2;1-2H. The molecule has 0 unspecified atom stereocenters. The highest BCUT2D eigenvalue weighted by Gasteiger charge is 1.83. The lowest BCUT2D eigenvalue weighted by molar-refractivity contribution is -0.176. The minimum absolute atomic E-state index is 0.591. The zero-order valence-electron chi connectivity index (χ0n) is 5.69. The van der Waals surface area contributed by atoms with Gasteiger partial charge in [0.2, 0.25) is 0 Å². The zero-order valence-corrected chi connectivity index (χ0v) is 5.69. The topological polar surface area (TPSA) is 74.6 Å². The largest absolute Gasteiger partial charge is 0.303 e. The lowest BCUT2D eigenvalue weighted by Gasteiger charge is -1.85. The molecule has 0 aliphatic heterocycles. The SMILES string of the molecule is O=CCCCCC=O.OO. The number of rotatable bonds is 5. The molecule has 0 heterocycles. The summed E-state index contributed by atoms with van der Waals surface area (Å²) in [5, 5.41) is 12.0. The van der Waals surface area contributed by atoms with Gasteiger partial charge in [-0.2, -0.15) is 0 Å². The van der Waals surface area contributed by atoms with Crippen molar-refractivity contribution in [2.24, 2.45) is 0 Å². The fourth-order valence-corrected chi connectivity index (χ4v) is 0.455. The maximum Gasteiger partial charge on any atom is 0.119 e. The number of hydrogen-bond acceptors (Lipinski definition) is 4. The number of unbranched alkanes of at least 4 members (excludes halogenated alkanes) is 3.